The summed E-state index contributed by atoms with van der Waals surface area (Å²) in [6.07, 6.45) is 3.46. The fourth-order valence-corrected chi connectivity index (χ4v) is 2.37. The lowest BCUT2D eigenvalue weighted by Gasteiger charge is -2.34. The molecule has 0 radical (unpaired) electrons. The molecule has 0 fully saturated rings. The quantitative estimate of drug-likeness (QED) is 0.681. The molecule has 0 amide bonds. The van der Waals surface area contributed by atoms with Gasteiger partial charge in [-0.15, -0.1) is 0 Å². The maximum Gasteiger partial charge on any atom is 0.105 e. The summed E-state index contributed by atoms with van der Waals surface area (Å²) in [6.45, 7) is 4.45. The summed E-state index contributed by atoms with van der Waals surface area (Å²) in [7, 11) is 0. The van der Waals surface area contributed by atoms with E-state index >= 15 is 0 Å². The zero-order valence-electron chi connectivity index (χ0n) is 12.4. The Balaban J connectivity index is 2.12. The van der Waals surface area contributed by atoms with Crippen LogP contribution in [0.25, 0.3) is 0 Å². The molecular formula is C18H24N2. The molecule has 2 aromatic rings. The summed E-state index contributed by atoms with van der Waals surface area (Å²) in [5.74, 6) is 0. The Hall–Kier alpha value is -1.96. The van der Waals surface area contributed by atoms with E-state index in [0.717, 1.165) is 17.8 Å². The van der Waals surface area contributed by atoms with E-state index in [9.17, 15) is 0 Å². The van der Waals surface area contributed by atoms with Crippen LogP contribution in [0.15, 0.2) is 60.7 Å². The molecule has 0 saturated heterocycles. The topological polar surface area (TPSA) is 24.1 Å². The van der Waals surface area contributed by atoms with Gasteiger partial charge in [-0.2, -0.15) is 0 Å². The van der Waals surface area contributed by atoms with Crippen LogP contribution in [0.4, 0.5) is 11.4 Å². The van der Waals surface area contributed by atoms with Crippen LogP contribution in [-0.4, -0.2) is 5.66 Å². The molecule has 0 saturated carbocycles. The molecule has 0 unspecified atom stereocenters. The van der Waals surface area contributed by atoms with Gasteiger partial charge in [-0.25, -0.2) is 0 Å². The van der Waals surface area contributed by atoms with Gasteiger partial charge in [0.2, 0.25) is 0 Å². The third-order valence-corrected chi connectivity index (χ3v) is 3.42. The molecule has 0 aliphatic heterocycles. The van der Waals surface area contributed by atoms with Crippen LogP contribution in [-0.2, 0) is 0 Å². The van der Waals surface area contributed by atoms with Crippen molar-refractivity contribution in [3.8, 4) is 0 Å². The van der Waals surface area contributed by atoms with Crippen molar-refractivity contribution in [3.63, 3.8) is 0 Å². The van der Waals surface area contributed by atoms with Crippen LogP contribution in [0, 0.1) is 0 Å². The highest BCUT2D eigenvalue weighted by Gasteiger charge is 2.22. The van der Waals surface area contributed by atoms with Crippen LogP contribution in [0.5, 0.6) is 0 Å². The molecule has 0 aliphatic rings. The number of para-hydroxylation sites is 2. The van der Waals surface area contributed by atoms with Gasteiger partial charge in [0.25, 0.3) is 0 Å². The van der Waals surface area contributed by atoms with E-state index in [1.54, 1.807) is 0 Å². The first-order chi connectivity index (χ1) is 9.72. The molecule has 106 valence electrons. The first-order valence-electron chi connectivity index (χ1n) is 7.38. The van der Waals surface area contributed by atoms with E-state index in [1.807, 2.05) is 12.1 Å². The van der Waals surface area contributed by atoms with E-state index in [4.69, 9.17) is 0 Å². The first-order valence-corrected chi connectivity index (χ1v) is 7.38. The van der Waals surface area contributed by atoms with Gasteiger partial charge in [0.05, 0.1) is 0 Å². The molecular weight excluding hydrogens is 244 g/mol. The summed E-state index contributed by atoms with van der Waals surface area (Å²) < 4.78 is 0. The van der Waals surface area contributed by atoms with Crippen molar-refractivity contribution in [2.75, 3.05) is 10.6 Å². The highest BCUT2D eigenvalue weighted by atomic mass is 15.2. The fraction of sp³-hybridized carbons (Fsp3) is 0.333. The second-order valence-corrected chi connectivity index (χ2v) is 5.42. The predicted octanol–water partition coefficient (Wildman–Crippen LogP) is 5.12. The largest absolute Gasteiger partial charge is 0.363 e. The Kier molecular flexibility index (Phi) is 5.05. The number of hydrogen-bond acceptors (Lipinski definition) is 2. The molecule has 2 aromatic carbocycles. The second-order valence-electron chi connectivity index (χ2n) is 5.42. The number of unbranched alkanes of at least 4 members (excludes halogenated alkanes) is 1. The number of anilines is 2. The smallest absolute Gasteiger partial charge is 0.105 e. The van der Waals surface area contributed by atoms with Gasteiger partial charge < -0.3 is 10.6 Å². The standard InChI is InChI=1S/C18H24N2/c1-3-4-15-18(2,19-16-11-7-5-8-12-16)20-17-13-9-6-10-14-17/h5-14,19-20H,3-4,15H2,1-2H3. The molecule has 20 heavy (non-hydrogen) atoms. The van der Waals surface area contributed by atoms with Gasteiger partial charge in [-0.3, -0.25) is 0 Å². The van der Waals surface area contributed by atoms with Crippen LogP contribution < -0.4 is 10.6 Å². The average Bonchev–Trinajstić information content (AvgIpc) is 2.47. The monoisotopic (exact) mass is 268 g/mol. The Morgan fingerprint density at radius 1 is 0.800 bits per heavy atom. The molecule has 0 atom stereocenters. The van der Waals surface area contributed by atoms with Crippen molar-refractivity contribution >= 4 is 11.4 Å². The lowest BCUT2D eigenvalue weighted by Crippen LogP contribution is -2.43. The van der Waals surface area contributed by atoms with Gasteiger partial charge >= 0.3 is 0 Å². The third kappa shape index (κ3) is 4.30. The van der Waals surface area contributed by atoms with E-state index in [0.29, 0.717) is 0 Å². The highest BCUT2D eigenvalue weighted by Crippen LogP contribution is 2.23. The van der Waals surface area contributed by atoms with Crippen LogP contribution >= 0.6 is 0 Å². The molecule has 0 bridgehead atoms. The zero-order valence-corrected chi connectivity index (χ0v) is 12.4. The molecule has 2 rings (SSSR count). The minimum absolute atomic E-state index is 0.140. The summed E-state index contributed by atoms with van der Waals surface area (Å²) in [4.78, 5) is 0. The number of nitrogens with one attached hydrogen (secondary N) is 2. The van der Waals surface area contributed by atoms with Gasteiger partial charge in [-0.1, -0.05) is 49.7 Å². The Labute approximate surface area is 122 Å². The molecule has 2 N–H and O–H groups in total. The SMILES string of the molecule is CCCCC(C)(Nc1ccccc1)Nc1ccccc1. The summed E-state index contributed by atoms with van der Waals surface area (Å²) in [5.41, 5.74) is 2.16. The van der Waals surface area contributed by atoms with Crippen molar-refractivity contribution in [2.45, 2.75) is 38.8 Å². The summed E-state index contributed by atoms with van der Waals surface area (Å²) in [5, 5.41) is 7.26. The summed E-state index contributed by atoms with van der Waals surface area (Å²) >= 11 is 0. The van der Waals surface area contributed by atoms with Crippen LogP contribution in [0.2, 0.25) is 0 Å². The molecule has 2 nitrogen and oxygen atoms in total. The number of benzene rings is 2. The zero-order chi connectivity index (χ0) is 14.3. The Morgan fingerprint density at radius 2 is 1.25 bits per heavy atom. The minimum atomic E-state index is -0.140. The molecule has 0 aromatic heterocycles. The lowest BCUT2D eigenvalue weighted by molar-refractivity contribution is 0.506. The van der Waals surface area contributed by atoms with E-state index in [2.05, 4.69) is 73.0 Å². The van der Waals surface area contributed by atoms with Crippen LogP contribution in [0.1, 0.15) is 33.1 Å². The van der Waals surface area contributed by atoms with E-state index in [-0.39, 0.29) is 5.66 Å². The molecule has 0 aliphatic carbocycles. The Morgan fingerprint density at radius 3 is 1.65 bits per heavy atom. The maximum absolute atomic E-state index is 3.63. The first kappa shape index (κ1) is 14.4. The van der Waals surface area contributed by atoms with Gasteiger partial charge in [-0.05, 0) is 44.0 Å². The molecule has 2 heteroatoms. The average molecular weight is 268 g/mol. The minimum Gasteiger partial charge on any atom is -0.363 e. The molecule has 0 heterocycles. The van der Waals surface area contributed by atoms with Crippen molar-refractivity contribution < 1.29 is 0 Å². The van der Waals surface area contributed by atoms with Crippen molar-refractivity contribution in [3.05, 3.63) is 60.7 Å². The van der Waals surface area contributed by atoms with Crippen molar-refractivity contribution in [2.24, 2.45) is 0 Å². The number of hydrogen-bond donors (Lipinski definition) is 2. The van der Waals surface area contributed by atoms with Gasteiger partial charge in [0, 0.05) is 11.4 Å². The Bertz CT molecular complexity index is 452. The second kappa shape index (κ2) is 6.99. The van der Waals surface area contributed by atoms with E-state index in [1.165, 1.54) is 12.8 Å². The van der Waals surface area contributed by atoms with Crippen molar-refractivity contribution in [1.29, 1.82) is 0 Å². The van der Waals surface area contributed by atoms with Gasteiger partial charge in [0.15, 0.2) is 0 Å². The van der Waals surface area contributed by atoms with Gasteiger partial charge in [0.1, 0.15) is 5.66 Å². The maximum atomic E-state index is 3.63. The molecule has 0 spiro atoms. The predicted molar refractivity (Wildman–Crippen MR) is 88.1 cm³/mol. The van der Waals surface area contributed by atoms with E-state index < -0.39 is 0 Å². The summed E-state index contributed by atoms with van der Waals surface area (Å²) in [6, 6.07) is 20.8. The fourth-order valence-electron chi connectivity index (χ4n) is 2.37. The normalized spacial score (nSPS) is 11.1. The lowest BCUT2D eigenvalue weighted by atomic mass is 10.0. The van der Waals surface area contributed by atoms with Crippen molar-refractivity contribution in [1.82, 2.24) is 0 Å². The highest BCUT2D eigenvalue weighted by molar-refractivity contribution is 5.51. The third-order valence-electron chi connectivity index (χ3n) is 3.42. The van der Waals surface area contributed by atoms with Crippen LogP contribution in [0.3, 0.4) is 0 Å². The number of rotatable bonds is 7.